The molecule has 194 valence electrons. The molecule has 0 aromatic carbocycles. The molecule has 1 aliphatic rings. The van der Waals surface area contributed by atoms with E-state index in [1.807, 2.05) is 6.92 Å². The number of hydrogen-bond acceptors (Lipinski definition) is 9. The molecule has 0 aliphatic carbocycles. The number of aromatic hydroxyl groups is 1. The molecule has 0 amide bonds. The number of methoxy groups -OCH3 is 1. The molecule has 13 heteroatoms. The fraction of sp³-hybridized carbons (Fsp3) is 0.636. The predicted molar refractivity (Wildman–Crippen MR) is 126 cm³/mol. The summed E-state index contributed by atoms with van der Waals surface area (Å²) < 4.78 is 53.0. The van der Waals surface area contributed by atoms with Gasteiger partial charge in [-0.2, -0.15) is 4.98 Å². The van der Waals surface area contributed by atoms with Crippen molar-refractivity contribution in [3.8, 4) is 5.88 Å². The van der Waals surface area contributed by atoms with Crippen molar-refractivity contribution >= 4 is 15.7 Å². The molecule has 1 aliphatic heterocycles. The van der Waals surface area contributed by atoms with E-state index in [2.05, 4.69) is 19.7 Å². The van der Waals surface area contributed by atoms with Crippen molar-refractivity contribution in [1.82, 2.24) is 19.5 Å². The van der Waals surface area contributed by atoms with Gasteiger partial charge in [0, 0.05) is 33.2 Å². The molecule has 3 rings (SSSR count). The van der Waals surface area contributed by atoms with Crippen molar-refractivity contribution in [1.29, 1.82) is 0 Å². The Labute approximate surface area is 203 Å². The number of hydrogen-bond donors (Lipinski definition) is 2. The summed E-state index contributed by atoms with van der Waals surface area (Å²) >= 11 is 0. The van der Waals surface area contributed by atoms with Crippen LogP contribution < -0.4 is 10.3 Å². The molecule has 3 heterocycles. The maximum atomic E-state index is 13.6. The second kappa shape index (κ2) is 12.4. The van der Waals surface area contributed by atoms with Crippen molar-refractivity contribution in [3.63, 3.8) is 0 Å². The van der Waals surface area contributed by atoms with Gasteiger partial charge in [0.1, 0.15) is 11.6 Å². The highest BCUT2D eigenvalue weighted by molar-refractivity contribution is 7.92. The molecular weight excluding hydrogens is 481 g/mol. The van der Waals surface area contributed by atoms with Gasteiger partial charge in [0.05, 0.1) is 30.8 Å². The minimum Gasteiger partial charge on any atom is -0.492 e. The molecule has 2 aromatic rings. The van der Waals surface area contributed by atoms with Gasteiger partial charge in [0.2, 0.25) is 15.9 Å². The van der Waals surface area contributed by atoms with Crippen molar-refractivity contribution in [2.45, 2.75) is 51.5 Å². The van der Waals surface area contributed by atoms with Crippen LogP contribution in [0.4, 0.5) is 10.1 Å². The van der Waals surface area contributed by atoms with Gasteiger partial charge < -0.3 is 14.6 Å². The average molecular weight is 514 g/mol. The molecule has 0 spiro atoms. The smallest absolute Gasteiger partial charge is 0.282 e. The van der Waals surface area contributed by atoms with Crippen molar-refractivity contribution in [2.24, 2.45) is 5.92 Å². The number of sulfonamides is 1. The van der Waals surface area contributed by atoms with E-state index in [0.717, 1.165) is 25.2 Å². The molecule has 1 saturated heterocycles. The van der Waals surface area contributed by atoms with Crippen LogP contribution in [0.15, 0.2) is 17.2 Å². The minimum absolute atomic E-state index is 0.0631. The van der Waals surface area contributed by atoms with E-state index in [9.17, 15) is 22.7 Å². The van der Waals surface area contributed by atoms with Crippen LogP contribution in [0.1, 0.15) is 50.3 Å². The van der Waals surface area contributed by atoms with Crippen LogP contribution in [-0.4, -0.2) is 65.7 Å². The number of unbranched alkanes of at least 4 members (excludes halogenated alkanes) is 1. The molecule has 1 atom stereocenters. The number of ether oxygens (including phenoxy) is 2. The Morgan fingerprint density at radius 3 is 2.60 bits per heavy atom. The van der Waals surface area contributed by atoms with Gasteiger partial charge >= 0.3 is 0 Å². The van der Waals surface area contributed by atoms with Crippen molar-refractivity contribution < 1.29 is 27.4 Å². The highest BCUT2D eigenvalue weighted by Gasteiger charge is 2.31. The molecule has 0 radical (unpaired) electrons. The summed E-state index contributed by atoms with van der Waals surface area (Å²) in [4.78, 5) is 25.3. The minimum atomic E-state index is -4.09. The number of halogens is 1. The highest BCUT2D eigenvalue weighted by Crippen LogP contribution is 2.30. The molecule has 35 heavy (non-hydrogen) atoms. The largest absolute Gasteiger partial charge is 0.492 e. The lowest BCUT2D eigenvalue weighted by molar-refractivity contribution is 0.0272. The van der Waals surface area contributed by atoms with Gasteiger partial charge in [-0.3, -0.25) is 14.1 Å². The number of nitrogens with one attached hydrogen (secondary N) is 1. The average Bonchev–Trinajstić information content (AvgIpc) is 2.84. The SMILES string of the molecule is CCCCc1nc(O)c(NS(=O)(=O)CCc2ncc(F)cn2)c(=O)n1C(COC)C1CCOCC1. The quantitative estimate of drug-likeness (QED) is 0.434. The molecule has 0 bridgehead atoms. The maximum absolute atomic E-state index is 13.6. The fourth-order valence-electron chi connectivity index (χ4n) is 4.10. The third-order valence-corrected chi connectivity index (χ3v) is 7.18. The van der Waals surface area contributed by atoms with Crippen LogP contribution in [0, 0.1) is 11.7 Å². The summed E-state index contributed by atoms with van der Waals surface area (Å²) in [6.07, 6.45) is 5.24. The second-order valence-corrected chi connectivity index (χ2v) is 10.3. The maximum Gasteiger partial charge on any atom is 0.282 e. The van der Waals surface area contributed by atoms with E-state index >= 15 is 0 Å². The first-order valence-corrected chi connectivity index (χ1v) is 13.3. The third-order valence-electron chi connectivity index (χ3n) is 5.93. The molecule has 2 aromatic heterocycles. The summed E-state index contributed by atoms with van der Waals surface area (Å²) in [5.74, 6) is -1.21. The normalized spacial score (nSPS) is 15.7. The van der Waals surface area contributed by atoms with E-state index in [-0.39, 0.29) is 24.8 Å². The van der Waals surface area contributed by atoms with E-state index in [4.69, 9.17) is 9.47 Å². The van der Waals surface area contributed by atoms with Crippen LogP contribution in [-0.2, 0) is 32.3 Å². The lowest BCUT2D eigenvalue weighted by Crippen LogP contribution is -2.39. The van der Waals surface area contributed by atoms with Crippen LogP contribution in [0.25, 0.3) is 0 Å². The lowest BCUT2D eigenvalue weighted by Gasteiger charge is -2.32. The number of nitrogens with zero attached hydrogens (tertiary/aromatic N) is 4. The van der Waals surface area contributed by atoms with E-state index in [1.54, 1.807) is 0 Å². The number of aromatic nitrogens is 4. The van der Waals surface area contributed by atoms with Crippen molar-refractivity contribution in [3.05, 3.63) is 40.2 Å². The zero-order valence-electron chi connectivity index (χ0n) is 19.9. The summed E-state index contributed by atoms with van der Waals surface area (Å²) in [5.41, 5.74) is -1.20. The van der Waals surface area contributed by atoms with Gasteiger partial charge in [-0.25, -0.2) is 22.8 Å². The van der Waals surface area contributed by atoms with Crippen LogP contribution in [0.5, 0.6) is 5.88 Å². The van der Waals surface area contributed by atoms with Crippen LogP contribution >= 0.6 is 0 Å². The highest BCUT2D eigenvalue weighted by atomic mass is 32.2. The van der Waals surface area contributed by atoms with Crippen LogP contribution in [0.2, 0.25) is 0 Å². The Hall–Kier alpha value is -2.64. The molecule has 11 nitrogen and oxygen atoms in total. The van der Waals surface area contributed by atoms with Gasteiger partial charge in [-0.05, 0) is 25.2 Å². The van der Waals surface area contributed by atoms with Gasteiger partial charge in [-0.15, -0.1) is 0 Å². The Morgan fingerprint density at radius 2 is 1.97 bits per heavy atom. The van der Waals surface area contributed by atoms with Crippen molar-refractivity contribution in [2.75, 3.05) is 37.4 Å². The van der Waals surface area contributed by atoms with Gasteiger partial charge in [0.15, 0.2) is 11.5 Å². The van der Waals surface area contributed by atoms with E-state index in [1.165, 1.54) is 11.7 Å². The van der Waals surface area contributed by atoms with Gasteiger partial charge in [0.25, 0.3) is 5.56 Å². The zero-order valence-corrected chi connectivity index (χ0v) is 20.8. The Bertz CT molecular complexity index is 1140. The molecule has 2 N–H and O–H groups in total. The summed E-state index contributed by atoms with van der Waals surface area (Å²) in [7, 11) is -2.55. The predicted octanol–water partition coefficient (Wildman–Crippen LogP) is 1.82. The molecule has 1 unspecified atom stereocenters. The molecular formula is C22H32FN5O6S. The summed E-state index contributed by atoms with van der Waals surface area (Å²) in [6, 6.07) is -0.396. The van der Waals surface area contributed by atoms with Gasteiger partial charge in [-0.1, -0.05) is 13.3 Å². The molecule has 0 saturated carbocycles. The second-order valence-electron chi connectivity index (χ2n) is 8.47. The van der Waals surface area contributed by atoms with Crippen LogP contribution in [0.3, 0.4) is 0 Å². The lowest BCUT2D eigenvalue weighted by atomic mass is 9.91. The topological polar surface area (TPSA) is 146 Å². The van der Waals surface area contributed by atoms with E-state index < -0.39 is 44.8 Å². The Morgan fingerprint density at radius 1 is 1.29 bits per heavy atom. The number of aryl methyl sites for hydroxylation is 2. The van der Waals surface area contributed by atoms with E-state index in [0.29, 0.717) is 38.3 Å². The third kappa shape index (κ3) is 7.18. The molecule has 1 fully saturated rings. The first-order chi connectivity index (χ1) is 16.8. The standard InChI is InChI=1S/C22H32FN5O6S/c1-3-4-5-19-26-21(29)20(27-35(31,32)11-8-18-24-12-16(23)13-25-18)22(30)28(19)17(14-33-2)15-6-9-34-10-7-15/h12-13,15,17,27,29H,3-11,14H2,1-2H3. The first-order valence-electron chi connectivity index (χ1n) is 11.6. The first kappa shape index (κ1) is 27.0. The number of rotatable bonds is 12. The summed E-state index contributed by atoms with van der Waals surface area (Å²) in [5, 5.41) is 10.5. The summed E-state index contributed by atoms with van der Waals surface area (Å²) in [6.45, 7) is 3.34. The Balaban J connectivity index is 1.94. The monoisotopic (exact) mass is 513 g/mol. The fourth-order valence-corrected chi connectivity index (χ4v) is 5.14. The Kier molecular flexibility index (Phi) is 9.52. The zero-order chi connectivity index (χ0) is 25.4. The number of anilines is 1.